The van der Waals surface area contributed by atoms with E-state index in [2.05, 4.69) is 5.10 Å². The summed E-state index contributed by atoms with van der Waals surface area (Å²) in [6.45, 7) is 9.95. The van der Waals surface area contributed by atoms with Crippen molar-refractivity contribution < 1.29 is 9.53 Å². The van der Waals surface area contributed by atoms with Crippen molar-refractivity contribution in [1.29, 1.82) is 0 Å². The number of ether oxygens (including phenoxy) is 1. The van der Waals surface area contributed by atoms with Gasteiger partial charge in [-0.05, 0) is 20.8 Å². The molecule has 0 aliphatic rings. The molecule has 0 aliphatic heterocycles. The zero-order valence-electron chi connectivity index (χ0n) is 12.1. The molecule has 1 rings (SSSR count). The molecular formula is C13H23N3O2. The number of methoxy groups -OCH3 is 1. The minimum Gasteiger partial charge on any atom is -0.493 e. The summed E-state index contributed by atoms with van der Waals surface area (Å²) in [5, 5.41) is 4.15. The Morgan fingerprint density at radius 3 is 2.39 bits per heavy atom. The molecule has 1 aromatic rings. The van der Waals surface area contributed by atoms with Crippen LogP contribution in [0.15, 0.2) is 6.20 Å². The summed E-state index contributed by atoms with van der Waals surface area (Å²) >= 11 is 0. The quantitative estimate of drug-likeness (QED) is 0.813. The van der Waals surface area contributed by atoms with E-state index in [0.29, 0.717) is 18.0 Å². The lowest BCUT2D eigenvalue weighted by atomic mass is 9.71. The van der Waals surface area contributed by atoms with Crippen molar-refractivity contribution >= 4 is 5.78 Å². The lowest BCUT2D eigenvalue weighted by Gasteiger charge is -2.37. The molecular weight excluding hydrogens is 230 g/mol. The fourth-order valence-electron chi connectivity index (χ4n) is 1.58. The normalized spacial score (nSPS) is 12.6. The summed E-state index contributed by atoms with van der Waals surface area (Å²) in [5.74, 6) is 0.449. The molecule has 0 amide bonds. The molecule has 5 heteroatoms. The van der Waals surface area contributed by atoms with Crippen LogP contribution in [-0.2, 0) is 6.54 Å². The number of nitrogens with zero attached hydrogens (tertiary/aromatic N) is 2. The maximum atomic E-state index is 12.7. The van der Waals surface area contributed by atoms with Crippen molar-refractivity contribution in [2.45, 2.75) is 46.7 Å². The maximum Gasteiger partial charge on any atom is 0.192 e. The van der Waals surface area contributed by atoms with Gasteiger partial charge in [0.1, 0.15) is 5.69 Å². The van der Waals surface area contributed by atoms with Crippen molar-refractivity contribution in [3.05, 3.63) is 11.9 Å². The Morgan fingerprint density at radius 2 is 2.00 bits per heavy atom. The van der Waals surface area contributed by atoms with Crippen LogP contribution < -0.4 is 10.5 Å². The number of rotatable bonds is 5. The van der Waals surface area contributed by atoms with Crippen LogP contribution in [0, 0.1) is 5.41 Å². The van der Waals surface area contributed by atoms with E-state index in [4.69, 9.17) is 10.5 Å². The van der Waals surface area contributed by atoms with Gasteiger partial charge in [0.25, 0.3) is 0 Å². The van der Waals surface area contributed by atoms with E-state index in [-0.39, 0.29) is 5.78 Å². The van der Waals surface area contributed by atoms with E-state index in [9.17, 15) is 4.79 Å². The van der Waals surface area contributed by atoms with Crippen molar-refractivity contribution in [2.24, 2.45) is 11.1 Å². The van der Waals surface area contributed by atoms with E-state index in [1.807, 2.05) is 34.6 Å². The van der Waals surface area contributed by atoms with E-state index in [1.165, 1.54) is 7.11 Å². The van der Waals surface area contributed by atoms with Crippen LogP contribution in [0.5, 0.6) is 5.75 Å². The highest BCUT2D eigenvalue weighted by Gasteiger charge is 2.43. The molecule has 0 fully saturated rings. The van der Waals surface area contributed by atoms with Gasteiger partial charge in [0, 0.05) is 17.5 Å². The highest BCUT2D eigenvalue weighted by atomic mass is 16.5. The Balaban J connectivity index is 3.30. The molecule has 0 atom stereocenters. The number of hydrogen-bond acceptors (Lipinski definition) is 4. The minimum atomic E-state index is -0.701. The van der Waals surface area contributed by atoms with E-state index < -0.39 is 11.0 Å². The molecule has 0 aliphatic carbocycles. The first kappa shape index (κ1) is 14.7. The van der Waals surface area contributed by atoms with Crippen LogP contribution in [0.3, 0.4) is 0 Å². The Labute approximate surface area is 108 Å². The van der Waals surface area contributed by atoms with E-state index in [0.717, 1.165) is 0 Å². The molecule has 0 spiro atoms. The van der Waals surface area contributed by atoms with Crippen LogP contribution in [0.1, 0.15) is 45.1 Å². The molecule has 0 radical (unpaired) electrons. The summed E-state index contributed by atoms with van der Waals surface area (Å²) < 4.78 is 6.86. The standard InChI is InChI=1S/C13H23N3O2/c1-7-16-10(9(18-6)8-15-16)11(17)12(2,3)13(4,5)14/h8H,7,14H2,1-6H3. The van der Waals surface area contributed by atoms with E-state index >= 15 is 0 Å². The Hall–Kier alpha value is -1.36. The van der Waals surface area contributed by atoms with Crippen LogP contribution in [0.25, 0.3) is 0 Å². The fourth-order valence-corrected chi connectivity index (χ4v) is 1.58. The second kappa shape index (κ2) is 4.72. The molecule has 0 unspecified atom stereocenters. The largest absolute Gasteiger partial charge is 0.493 e. The zero-order valence-corrected chi connectivity index (χ0v) is 12.1. The van der Waals surface area contributed by atoms with Crippen molar-refractivity contribution in [2.75, 3.05) is 7.11 Å². The monoisotopic (exact) mass is 253 g/mol. The van der Waals surface area contributed by atoms with E-state index in [1.54, 1.807) is 10.9 Å². The van der Waals surface area contributed by atoms with Crippen LogP contribution in [0.4, 0.5) is 0 Å². The SMILES string of the molecule is CCn1ncc(OC)c1C(=O)C(C)(C)C(C)(C)N. The minimum absolute atomic E-state index is 0.0498. The predicted octanol–water partition coefficient (Wildman–Crippen LogP) is 1.86. The number of carbonyl (C=O) groups is 1. The average molecular weight is 253 g/mol. The molecule has 1 heterocycles. The third-order valence-corrected chi connectivity index (χ3v) is 3.72. The molecule has 0 bridgehead atoms. The van der Waals surface area contributed by atoms with Gasteiger partial charge in [0.2, 0.25) is 0 Å². The Kier molecular flexibility index (Phi) is 3.86. The lowest BCUT2D eigenvalue weighted by Crippen LogP contribution is -2.52. The third kappa shape index (κ3) is 2.27. The van der Waals surface area contributed by atoms with Gasteiger partial charge in [-0.1, -0.05) is 13.8 Å². The van der Waals surface area contributed by atoms with Gasteiger partial charge < -0.3 is 10.5 Å². The molecule has 102 valence electrons. The number of aryl methyl sites for hydroxylation is 1. The zero-order chi connectivity index (χ0) is 14.1. The van der Waals surface area contributed by atoms with Crippen LogP contribution in [0.2, 0.25) is 0 Å². The van der Waals surface area contributed by atoms with Gasteiger partial charge in [0.15, 0.2) is 11.5 Å². The van der Waals surface area contributed by atoms with Crippen LogP contribution >= 0.6 is 0 Å². The summed E-state index contributed by atoms with van der Waals surface area (Å²) in [5.41, 5.74) is 5.27. The second-order valence-corrected chi connectivity index (χ2v) is 5.55. The van der Waals surface area contributed by atoms with Crippen molar-refractivity contribution in [3.63, 3.8) is 0 Å². The molecule has 0 aromatic carbocycles. The molecule has 5 nitrogen and oxygen atoms in total. The fraction of sp³-hybridized carbons (Fsp3) is 0.692. The third-order valence-electron chi connectivity index (χ3n) is 3.72. The van der Waals surface area contributed by atoms with Crippen LogP contribution in [-0.4, -0.2) is 28.2 Å². The summed E-state index contributed by atoms with van der Waals surface area (Å²) in [6, 6.07) is 0. The first-order valence-electron chi connectivity index (χ1n) is 6.10. The number of hydrogen-bond donors (Lipinski definition) is 1. The first-order chi connectivity index (χ1) is 8.16. The molecule has 2 N–H and O–H groups in total. The Morgan fingerprint density at radius 1 is 1.44 bits per heavy atom. The average Bonchev–Trinajstić information content (AvgIpc) is 2.68. The number of carbonyl (C=O) groups excluding carboxylic acids is 1. The number of nitrogens with two attached hydrogens (primary N) is 1. The smallest absolute Gasteiger partial charge is 0.192 e. The Bertz CT molecular complexity index is 420. The summed E-state index contributed by atoms with van der Waals surface area (Å²) in [6.07, 6.45) is 1.57. The number of aromatic nitrogens is 2. The van der Waals surface area contributed by atoms with Gasteiger partial charge in [-0.15, -0.1) is 0 Å². The topological polar surface area (TPSA) is 70.1 Å². The van der Waals surface area contributed by atoms with Gasteiger partial charge in [-0.25, -0.2) is 0 Å². The second-order valence-electron chi connectivity index (χ2n) is 5.55. The summed E-state index contributed by atoms with van der Waals surface area (Å²) in [7, 11) is 1.54. The lowest BCUT2D eigenvalue weighted by molar-refractivity contribution is 0.0719. The molecule has 18 heavy (non-hydrogen) atoms. The summed E-state index contributed by atoms with van der Waals surface area (Å²) in [4.78, 5) is 12.7. The maximum absolute atomic E-state index is 12.7. The van der Waals surface area contributed by atoms with Gasteiger partial charge in [0.05, 0.1) is 13.3 Å². The predicted molar refractivity (Wildman–Crippen MR) is 70.8 cm³/mol. The van der Waals surface area contributed by atoms with Crippen molar-refractivity contribution in [3.8, 4) is 5.75 Å². The van der Waals surface area contributed by atoms with Gasteiger partial charge in [-0.3, -0.25) is 9.48 Å². The highest BCUT2D eigenvalue weighted by Crippen LogP contribution is 2.35. The first-order valence-corrected chi connectivity index (χ1v) is 6.10. The highest BCUT2D eigenvalue weighted by molar-refractivity contribution is 6.01. The molecule has 1 aromatic heterocycles. The van der Waals surface area contributed by atoms with Crippen molar-refractivity contribution in [1.82, 2.24) is 9.78 Å². The number of Topliss-reactive ketones (excluding diaryl/α,β-unsaturated/α-hetero) is 1. The van der Waals surface area contributed by atoms with Gasteiger partial charge >= 0.3 is 0 Å². The molecule has 0 saturated heterocycles. The number of ketones is 1. The molecule has 0 saturated carbocycles. The van der Waals surface area contributed by atoms with Gasteiger partial charge in [-0.2, -0.15) is 5.10 Å².